The number of halogens is 3. The van der Waals surface area contributed by atoms with Gasteiger partial charge in [0.25, 0.3) is 11.1 Å². The highest BCUT2D eigenvalue weighted by molar-refractivity contribution is 14.1. The van der Waals surface area contributed by atoms with E-state index in [0.29, 0.717) is 3.57 Å². The van der Waals surface area contributed by atoms with Crippen LogP contribution in [0.25, 0.3) is 11.0 Å². The molecule has 148 valence electrons. The van der Waals surface area contributed by atoms with Crippen LogP contribution in [-0.2, 0) is 20.0 Å². The van der Waals surface area contributed by atoms with Crippen LogP contribution < -0.4 is 11.1 Å². The van der Waals surface area contributed by atoms with Gasteiger partial charge in [-0.15, -0.1) is 0 Å². The topological polar surface area (TPSA) is 77.1 Å². The van der Waals surface area contributed by atoms with Crippen molar-refractivity contribution in [1.29, 1.82) is 0 Å². The average molecular weight is 501 g/mol. The van der Waals surface area contributed by atoms with Crippen molar-refractivity contribution in [2.24, 2.45) is 13.0 Å². The molecule has 0 bridgehead atoms. The van der Waals surface area contributed by atoms with E-state index in [1.54, 1.807) is 13.0 Å². The lowest BCUT2D eigenvalue weighted by Gasteiger charge is -2.15. The number of aliphatic hydroxyl groups excluding tert-OH is 1. The summed E-state index contributed by atoms with van der Waals surface area (Å²) in [5.41, 5.74) is -1.44. The van der Waals surface area contributed by atoms with E-state index < -0.39 is 22.8 Å². The molecular weight excluding hydrogens is 483 g/mol. The smallest absolute Gasteiger partial charge is 0.288 e. The van der Waals surface area contributed by atoms with Crippen molar-refractivity contribution in [2.45, 2.75) is 19.9 Å². The lowest BCUT2D eigenvalue weighted by atomic mass is 10.0. The molecule has 6 nitrogen and oxygen atoms in total. The predicted molar refractivity (Wildman–Crippen MR) is 109 cm³/mol. The fraction of sp³-hybridized carbons (Fsp3) is 0.316. The van der Waals surface area contributed by atoms with E-state index in [4.69, 9.17) is 0 Å². The van der Waals surface area contributed by atoms with Crippen molar-refractivity contribution in [1.82, 2.24) is 14.1 Å². The quantitative estimate of drug-likeness (QED) is 0.545. The van der Waals surface area contributed by atoms with Crippen molar-refractivity contribution >= 4 is 33.6 Å². The van der Waals surface area contributed by atoms with Crippen molar-refractivity contribution in [3.8, 4) is 0 Å². The molecule has 3 aromatic rings. The molecule has 2 heterocycles. The van der Waals surface area contributed by atoms with Crippen molar-refractivity contribution in [3.05, 3.63) is 71.6 Å². The first-order valence-electron chi connectivity index (χ1n) is 8.55. The Labute approximate surface area is 172 Å². The fourth-order valence-electron chi connectivity index (χ4n) is 3.03. The van der Waals surface area contributed by atoms with Gasteiger partial charge in [-0.25, -0.2) is 13.8 Å². The van der Waals surface area contributed by atoms with E-state index in [9.17, 15) is 23.5 Å². The van der Waals surface area contributed by atoms with Crippen LogP contribution in [0.5, 0.6) is 0 Å². The van der Waals surface area contributed by atoms with Crippen LogP contribution >= 0.6 is 22.6 Å². The molecule has 2 aromatic heterocycles. The average Bonchev–Trinajstić information content (AvgIpc) is 2.66. The molecule has 0 saturated heterocycles. The van der Waals surface area contributed by atoms with E-state index in [1.807, 2.05) is 22.6 Å². The van der Waals surface area contributed by atoms with E-state index in [0.717, 1.165) is 4.57 Å². The van der Waals surface area contributed by atoms with Crippen LogP contribution in [0.3, 0.4) is 0 Å². The fourth-order valence-corrected chi connectivity index (χ4v) is 3.48. The van der Waals surface area contributed by atoms with Crippen LogP contribution in [0.15, 0.2) is 34.1 Å². The molecule has 28 heavy (non-hydrogen) atoms. The molecular formula is C19H18F2IN3O3. The summed E-state index contributed by atoms with van der Waals surface area (Å²) in [6.07, 6.45) is 1.01. The second-order valence-electron chi connectivity index (χ2n) is 6.76. The first kappa shape index (κ1) is 20.6. The highest BCUT2D eigenvalue weighted by Crippen LogP contribution is 2.21. The number of rotatable bonds is 5. The lowest BCUT2D eigenvalue weighted by molar-refractivity contribution is 0.221. The van der Waals surface area contributed by atoms with Gasteiger partial charge >= 0.3 is 0 Å². The standard InChI is InChI=1S/C19H18F2IN3O3/c1-10(8-26)7-25-9-23-17-15(18(25)27)13(16(21)19(28)24(17)2)5-11-3-4-12(22)6-14(11)20/h3-4,6,9-10,26H,5,7-8H2,1-2H3/t10-/m1/s1. The Morgan fingerprint density at radius 1 is 1.25 bits per heavy atom. The molecule has 0 aliphatic carbocycles. The molecule has 0 amide bonds. The monoisotopic (exact) mass is 501 g/mol. The normalized spacial score (nSPS) is 12.5. The molecule has 9 heteroatoms. The highest BCUT2D eigenvalue weighted by Gasteiger charge is 2.21. The van der Waals surface area contributed by atoms with Crippen molar-refractivity contribution in [3.63, 3.8) is 0 Å². The second kappa shape index (κ2) is 8.08. The van der Waals surface area contributed by atoms with Gasteiger partial charge in [0, 0.05) is 35.8 Å². The molecule has 0 fully saturated rings. The second-order valence-corrected chi connectivity index (χ2v) is 8.00. The van der Waals surface area contributed by atoms with E-state index in [1.165, 1.54) is 30.1 Å². The van der Waals surface area contributed by atoms with Crippen molar-refractivity contribution < 1.29 is 13.9 Å². The molecule has 1 N–H and O–H groups in total. The van der Waals surface area contributed by atoms with E-state index in [2.05, 4.69) is 4.98 Å². The first-order valence-corrected chi connectivity index (χ1v) is 9.63. The molecule has 0 unspecified atom stereocenters. The summed E-state index contributed by atoms with van der Waals surface area (Å²) in [4.78, 5) is 29.4. The Kier molecular flexibility index (Phi) is 5.94. The third kappa shape index (κ3) is 3.72. The van der Waals surface area contributed by atoms with Crippen LogP contribution in [-0.4, -0.2) is 25.8 Å². The SMILES string of the molecule is C[C@@H](CO)Cn1cnc2c(c(Cc3ccc(I)cc3F)c(F)c(=O)n2C)c1=O. The van der Waals surface area contributed by atoms with Crippen LogP contribution in [0, 0.1) is 21.1 Å². The molecule has 0 aliphatic rings. The summed E-state index contributed by atoms with van der Waals surface area (Å²) in [5, 5.41) is 9.18. The largest absolute Gasteiger partial charge is 0.396 e. The Bertz CT molecular complexity index is 1170. The summed E-state index contributed by atoms with van der Waals surface area (Å²) in [5.74, 6) is -1.86. The Hall–Kier alpha value is -2.14. The maximum Gasteiger partial charge on any atom is 0.288 e. The van der Waals surface area contributed by atoms with Crippen LogP contribution in [0.4, 0.5) is 8.78 Å². The minimum Gasteiger partial charge on any atom is -0.396 e. The van der Waals surface area contributed by atoms with Gasteiger partial charge in [0.15, 0.2) is 5.82 Å². The molecule has 0 saturated carbocycles. The zero-order valence-corrected chi connectivity index (χ0v) is 17.4. The lowest BCUT2D eigenvalue weighted by Crippen LogP contribution is -2.31. The number of hydrogen-bond acceptors (Lipinski definition) is 4. The molecule has 0 radical (unpaired) electrons. The zero-order chi connectivity index (χ0) is 20.6. The maximum atomic E-state index is 14.9. The number of aromatic nitrogens is 3. The molecule has 1 atom stereocenters. The molecule has 0 aliphatic heterocycles. The van der Waals surface area contributed by atoms with Crippen LogP contribution in [0.2, 0.25) is 0 Å². The molecule has 3 rings (SSSR count). The zero-order valence-electron chi connectivity index (χ0n) is 15.2. The third-order valence-electron chi connectivity index (χ3n) is 4.60. The number of benzene rings is 1. The number of aryl methyl sites for hydroxylation is 1. The predicted octanol–water partition coefficient (Wildman–Crippen LogP) is 2.20. The van der Waals surface area contributed by atoms with Crippen LogP contribution in [0.1, 0.15) is 18.1 Å². The maximum absolute atomic E-state index is 14.9. The Morgan fingerprint density at radius 2 is 1.96 bits per heavy atom. The van der Waals surface area contributed by atoms with Gasteiger partial charge in [-0.3, -0.25) is 18.7 Å². The van der Waals surface area contributed by atoms with Crippen molar-refractivity contribution in [2.75, 3.05) is 6.61 Å². The summed E-state index contributed by atoms with van der Waals surface area (Å²) in [7, 11) is 1.33. The highest BCUT2D eigenvalue weighted by atomic mass is 127. The summed E-state index contributed by atoms with van der Waals surface area (Å²) in [6.45, 7) is 1.80. The summed E-state index contributed by atoms with van der Waals surface area (Å²) >= 11 is 1.96. The molecule has 0 spiro atoms. The first-order chi connectivity index (χ1) is 13.2. The Balaban J connectivity index is 2.29. The van der Waals surface area contributed by atoms with Gasteiger partial charge < -0.3 is 5.11 Å². The summed E-state index contributed by atoms with van der Waals surface area (Å²) in [6, 6.07) is 4.47. The van der Waals surface area contributed by atoms with Gasteiger partial charge in [-0.1, -0.05) is 13.0 Å². The number of pyridine rings is 1. The van der Waals surface area contributed by atoms with Gasteiger partial charge in [0.2, 0.25) is 0 Å². The third-order valence-corrected chi connectivity index (χ3v) is 5.27. The summed E-state index contributed by atoms with van der Waals surface area (Å²) < 4.78 is 32.1. The van der Waals surface area contributed by atoms with E-state index in [-0.39, 0.29) is 47.7 Å². The van der Waals surface area contributed by atoms with E-state index >= 15 is 0 Å². The minimum atomic E-state index is -1.10. The van der Waals surface area contributed by atoms with Gasteiger partial charge in [-0.05, 0) is 46.2 Å². The molecule has 1 aromatic carbocycles. The number of aliphatic hydroxyl groups is 1. The van der Waals surface area contributed by atoms with Gasteiger partial charge in [-0.2, -0.15) is 0 Å². The number of nitrogens with zero attached hydrogens (tertiary/aromatic N) is 3. The number of hydrogen-bond donors (Lipinski definition) is 1. The van der Waals surface area contributed by atoms with Gasteiger partial charge in [0.05, 0.1) is 11.7 Å². The minimum absolute atomic E-state index is 0.0326. The van der Waals surface area contributed by atoms with Gasteiger partial charge in [0.1, 0.15) is 11.5 Å². The Morgan fingerprint density at radius 3 is 2.61 bits per heavy atom. The number of fused-ring (bicyclic) bond motifs is 1.